The number of benzene rings is 1. The lowest BCUT2D eigenvalue weighted by molar-refractivity contribution is -0.162. The number of aromatic nitrogens is 3. The van der Waals surface area contributed by atoms with Crippen LogP contribution in [0.5, 0.6) is 0 Å². The van der Waals surface area contributed by atoms with Crippen LogP contribution in [-0.2, 0) is 9.59 Å². The molecule has 0 radical (unpaired) electrons. The van der Waals surface area contributed by atoms with Gasteiger partial charge in [-0.25, -0.2) is 14.7 Å². The lowest BCUT2D eigenvalue weighted by Gasteiger charge is -2.34. The van der Waals surface area contributed by atoms with Gasteiger partial charge in [-0.05, 0) is 32.4 Å². The van der Waals surface area contributed by atoms with E-state index in [-0.39, 0.29) is 11.8 Å². The largest absolute Gasteiger partial charge is 0.273 e. The molecule has 1 aromatic carbocycles. The second-order valence-electron chi connectivity index (χ2n) is 6.22. The van der Waals surface area contributed by atoms with Crippen LogP contribution in [0.1, 0.15) is 24.0 Å². The molecule has 0 aliphatic carbocycles. The zero-order valence-corrected chi connectivity index (χ0v) is 14.6. The van der Waals surface area contributed by atoms with E-state index in [1.807, 2.05) is 26.0 Å². The Hall–Kier alpha value is -2.96. The Morgan fingerprint density at radius 3 is 2.64 bits per heavy atom. The molecular formula is C18H21N5O2. The molecule has 2 heterocycles. The van der Waals surface area contributed by atoms with Gasteiger partial charge in [0.1, 0.15) is 6.33 Å². The van der Waals surface area contributed by atoms with Gasteiger partial charge in [0.2, 0.25) is 5.91 Å². The fourth-order valence-electron chi connectivity index (χ4n) is 2.89. The molecule has 0 spiro atoms. The van der Waals surface area contributed by atoms with Crippen LogP contribution in [-0.4, -0.2) is 50.2 Å². The van der Waals surface area contributed by atoms with Crippen molar-refractivity contribution in [1.29, 1.82) is 0 Å². The van der Waals surface area contributed by atoms with Crippen LogP contribution in [0, 0.1) is 13.8 Å². The summed E-state index contributed by atoms with van der Waals surface area (Å²) in [6.45, 7) is 4.60. The van der Waals surface area contributed by atoms with Gasteiger partial charge >= 0.3 is 0 Å². The summed E-state index contributed by atoms with van der Waals surface area (Å²) in [5, 5.41) is 7.19. The molecule has 1 saturated heterocycles. The minimum absolute atomic E-state index is 0.0501. The first kappa shape index (κ1) is 16.9. The Balaban J connectivity index is 1.73. The van der Waals surface area contributed by atoms with E-state index in [1.54, 1.807) is 19.6 Å². The number of carbonyl (C=O) groups excluding carboxylic acids is 2. The van der Waals surface area contributed by atoms with E-state index in [0.717, 1.165) is 16.7 Å². The number of hydrogen-bond donors (Lipinski definition) is 0. The third kappa shape index (κ3) is 3.76. The molecule has 3 rings (SSSR count). The molecule has 25 heavy (non-hydrogen) atoms. The number of aryl methyl sites for hydroxylation is 2. The highest BCUT2D eigenvalue weighted by Crippen LogP contribution is 2.18. The summed E-state index contributed by atoms with van der Waals surface area (Å²) in [5.74, 6) is 0.305. The monoisotopic (exact) mass is 339 g/mol. The zero-order chi connectivity index (χ0) is 18.0. The van der Waals surface area contributed by atoms with E-state index < -0.39 is 0 Å². The lowest BCUT2D eigenvalue weighted by Crippen LogP contribution is -2.50. The van der Waals surface area contributed by atoms with Crippen LogP contribution in [0.15, 0.2) is 30.6 Å². The van der Waals surface area contributed by atoms with Crippen LogP contribution >= 0.6 is 0 Å². The summed E-state index contributed by atoms with van der Waals surface area (Å²) in [4.78, 5) is 28.3. The SMILES string of the molecule is Cc1cc(C)cc(-c2ncn(/C=C\C(=O)N3CCCC(=O)N3C)n2)c1. The first-order chi connectivity index (χ1) is 11.9. The number of carbonyl (C=O) groups is 2. The molecule has 130 valence electrons. The highest BCUT2D eigenvalue weighted by molar-refractivity contribution is 5.92. The average Bonchev–Trinajstić information content (AvgIpc) is 3.03. The Labute approximate surface area is 146 Å². The third-order valence-electron chi connectivity index (χ3n) is 4.10. The minimum atomic E-state index is -0.251. The fourth-order valence-corrected chi connectivity index (χ4v) is 2.89. The lowest BCUT2D eigenvalue weighted by atomic mass is 10.1. The first-order valence-corrected chi connectivity index (χ1v) is 8.20. The van der Waals surface area contributed by atoms with Crippen molar-refractivity contribution in [2.24, 2.45) is 0 Å². The maximum absolute atomic E-state index is 12.3. The van der Waals surface area contributed by atoms with Gasteiger partial charge in [-0.15, -0.1) is 5.10 Å². The van der Waals surface area contributed by atoms with Gasteiger partial charge in [-0.1, -0.05) is 17.2 Å². The molecule has 1 aliphatic rings. The Bertz CT molecular complexity index is 819. The van der Waals surface area contributed by atoms with E-state index in [9.17, 15) is 9.59 Å². The highest BCUT2D eigenvalue weighted by atomic mass is 16.2. The van der Waals surface area contributed by atoms with Crippen LogP contribution in [0.3, 0.4) is 0 Å². The van der Waals surface area contributed by atoms with Crippen molar-refractivity contribution >= 4 is 18.0 Å². The number of nitrogens with zero attached hydrogens (tertiary/aromatic N) is 5. The highest BCUT2D eigenvalue weighted by Gasteiger charge is 2.25. The van der Waals surface area contributed by atoms with Crippen molar-refractivity contribution in [2.45, 2.75) is 26.7 Å². The topological polar surface area (TPSA) is 71.3 Å². The predicted molar refractivity (Wildman–Crippen MR) is 94.0 cm³/mol. The van der Waals surface area contributed by atoms with Gasteiger partial charge in [-0.3, -0.25) is 14.6 Å². The smallest absolute Gasteiger partial charge is 0.266 e. The molecule has 0 unspecified atom stereocenters. The number of hydrogen-bond acceptors (Lipinski definition) is 4. The van der Waals surface area contributed by atoms with Gasteiger partial charge in [0.25, 0.3) is 5.91 Å². The summed E-state index contributed by atoms with van der Waals surface area (Å²) in [5.41, 5.74) is 3.24. The zero-order valence-electron chi connectivity index (χ0n) is 14.6. The molecule has 1 aromatic heterocycles. The van der Waals surface area contributed by atoms with Crippen molar-refractivity contribution < 1.29 is 9.59 Å². The van der Waals surface area contributed by atoms with Gasteiger partial charge in [-0.2, -0.15) is 0 Å². The van der Waals surface area contributed by atoms with E-state index in [1.165, 1.54) is 20.8 Å². The molecule has 0 bridgehead atoms. The second kappa shape index (κ2) is 6.88. The van der Waals surface area contributed by atoms with E-state index in [4.69, 9.17) is 0 Å². The average molecular weight is 339 g/mol. The van der Waals surface area contributed by atoms with Gasteiger partial charge < -0.3 is 0 Å². The van der Waals surface area contributed by atoms with Gasteiger partial charge in [0, 0.05) is 37.9 Å². The number of amides is 2. The molecule has 0 N–H and O–H groups in total. The van der Waals surface area contributed by atoms with E-state index >= 15 is 0 Å². The minimum Gasteiger partial charge on any atom is -0.273 e. The van der Waals surface area contributed by atoms with Crippen molar-refractivity contribution in [3.05, 3.63) is 41.7 Å². The Kier molecular flexibility index (Phi) is 4.65. The van der Waals surface area contributed by atoms with Crippen molar-refractivity contribution in [3.63, 3.8) is 0 Å². The summed E-state index contributed by atoms with van der Waals surface area (Å²) in [7, 11) is 1.61. The molecular weight excluding hydrogens is 318 g/mol. The Morgan fingerprint density at radius 2 is 1.92 bits per heavy atom. The van der Waals surface area contributed by atoms with E-state index in [2.05, 4.69) is 16.1 Å². The van der Waals surface area contributed by atoms with Crippen LogP contribution in [0.4, 0.5) is 0 Å². The normalized spacial score (nSPS) is 15.2. The van der Waals surface area contributed by atoms with Crippen molar-refractivity contribution in [2.75, 3.05) is 13.6 Å². The molecule has 2 aromatic rings. The summed E-state index contributed by atoms with van der Waals surface area (Å²) < 4.78 is 1.50. The van der Waals surface area contributed by atoms with Gasteiger partial charge in [0.15, 0.2) is 5.82 Å². The molecule has 0 saturated carbocycles. The molecule has 7 nitrogen and oxygen atoms in total. The quantitative estimate of drug-likeness (QED) is 0.802. The predicted octanol–water partition coefficient (Wildman–Crippen LogP) is 2.03. The second-order valence-corrected chi connectivity index (χ2v) is 6.22. The fraction of sp³-hybridized carbons (Fsp3) is 0.333. The number of rotatable bonds is 3. The summed E-state index contributed by atoms with van der Waals surface area (Å²) in [6, 6.07) is 6.14. The van der Waals surface area contributed by atoms with Crippen molar-refractivity contribution in [1.82, 2.24) is 24.8 Å². The third-order valence-corrected chi connectivity index (χ3v) is 4.10. The standard InChI is InChI=1S/C18H21N5O2/c1-13-9-14(2)11-15(10-13)18-19-12-22(20-18)8-6-17(25)23-7-4-5-16(24)21(23)3/h6,8-12H,4-5,7H2,1-3H3/b8-6-. The molecule has 1 fully saturated rings. The first-order valence-electron chi connectivity index (χ1n) is 8.20. The molecule has 1 aliphatic heterocycles. The maximum Gasteiger partial charge on any atom is 0.266 e. The molecule has 0 atom stereocenters. The van der Waals surface area contributed by atoms with E-state index in [0.29, 0.717) is 25.2 Å². The van der Waals surface area contributed by atoms with Crippen LogP contribution in [0.2, 0.25) is 0 Å². The number of hydrazine groups is 1. The van der Waals surface area contributed by atoms with Crippen LogP contribution < -0.4 is 0 Å². The molecule has 2 amide bonds. The van der Waals surface area contributed by atoms with Crippen molar-refractivity contribution in [3.8, 4) is 11.4 Å². The maximum atomic E-state index is 12.3. The Morgan fingerprint density at radius 1 is 1.20 bits per heavy atom. The van der Waals surface area contributed by atoms with Crippen LogP contribution in [0.25, 0.3) is 17.6 Å². The van der Waals surface area contributed by atoms with Gasteiger partial charge in [0.05, 0.1) is 0 Å². The summed E-state index contributed by atoms with van der Waals surface area (Å²) >= 11 is 0. The molecule has 7 heteroatoms. The summed E-state index contributed by atoms with van der Waals surface area (Å²) in [6.07, 6.45) is 5.67.